The van der Waals surface area contributed by atoms with E-state index in [1.54, 1.807) is 6.92 Å². The lowest BCUT2D eigenvalue weighted by Gasteiger charge is -2.22. The van der Waals surface area contributed by atoms with E-state index in [0.717, 1.165) is 12.1 Å². The predicted octanol–water partition coefficient (Wildman–Crippen LogP) is 3.55. The monoisotopic (exact) mass is 377 g/mol. The molecule has 114 valence electrons. The zero-order chi connectivity index (χ0) is 15.6. The van der Waals surface area contributed by atoms with E-state index in [9.17, 15) is 26.0 Å². The van der Waals surface area contributed by atoms with Crippen LogP contribution in [0.4, 0.5) is 17.6 Å². The molecule has 0 bridgehead atoms. The maximum atomic E-state index is 13.3. The normalized spacial score (nSPS) is 12.9. The number of hydrogen-bond donors (Lipinski definition) is 0. The second-order valence-corrected chi connectivity index (χ2v) is 6.82. The Morgan fingerprint density at radius 2 is 1.90 bits per heavy atom. The van der Waals surface area contributed by atoms with Crippen molar-refractivity contribution in [1.82, 2.24) is 4.31 Å². The maximum absolute atomic E-state index is 13.3. The number of benzene rings is 1. The maximum Gasteiger partial charge on any atom is 0.402 e. The minimum atomic E-state index is -4.66. The molecule has 0 fully saturated rings. The van der Waals surface area contributed by atoms with Crippen molar-refractivity contribution in [2.75, 3.05) is 13.1 Å². The summed E-state index contributed by atoms with van der Waals surface area (Å²) in [6.07, 6.45) is -4.44. The highest BCUT2D eigenvalue weighted by Gasteiger charge is 2.36. The molecule has 3 nitrogen and oxygen atoms in total. The Hall–Kier alpha value is -0.670. The molecule has 0 saturated carbocycles. The van der Waals surface area contributed by atoms with Crippen LogP contribution in [-0.4, -0.2) is 32.0 Å². The Morgan fingerprint density at radius 1 is 1.30 bits per heavy atom. The lowest BCUT2D eigenvalue weighted by molar-refractivity contribution is -0.136. The molecule has 1 aromatic rings. The van der Waals surface area contributed by atoms with Gasteiger partial charge in [0.15, 0.2) is 0 Å². The minimum absolute atomic E-state index is 0.0364. The molecule has 0 heterocycles. The summed E-state index contributed by atoms with van der Waals surface area (Å²) in [5.74, 6) is -0.852. The van der Waals surface area contributed by atoms with Gasteiger partial charge >= 0.3 is 6.18 Å². The molecule has 0 amide bonds. The van der Waals surface area contributed by atoms with Crippen molar-refractivity contribution in [3.8, 4) is 0 Å². The Balaban J connectivity index is 3.18. The molecule has 0 spiro atoms. The molecule has 0 radical (unpaired) electrons. The molecule has 1 aromatic carbocycles. The number of hydrogen-bond acceptors (Lipinski definition) is 2. The van der Waals surface area contributed by atoms with Crippen molar-refractivity contribution < 1.29 is 26.0 Å². The van der Waals surface area contributed by atoms with E-state index in [2.05, 4.69) is 15.9 Å². The minimum Gasteiger partial charge on any atom is -0.207 e. The number of nitrogens with zero attached hydrogens (tertiary/aromatic N) is 1. The van der Waals surface area contributed by atoms with Gasteiger partial charge in [-0.3, -0.25) is 0 Å². The van der Waals surface area contributed by atoms with Crippen molar-refractivity contribution in [3.05, 3.63) is 28.5 Å². The summed E-state index contributed by atoms with van der Waals surface area (Å²) < 4.78 is 75.2. The summed E-state index contributed by atoms with van der Waals surface area (Å²) in [6.45, 7) is -0.332. The van der Waals surface area contributed by atoms with Gasteiger partial charge in [-0.2, -0.15) is 17.5 Å². The molecule has 0 aromatic heterocycles. The predicted molar refractivity (Wildman–Crippen MR) is 69.2 cm³/mol. The summed E-state index contributed by atoms with van der Waals surface area (Å²) in [4.78, 5) is -0.504. The first-order valence-electron chi connectivity index (χ1n) is 5.60. The van der Waals surface area contributed by atoms with E-state index in [4.69, 9.17) is 0 Å². The van der Waals surface area contributed by atoms with Gasteiger partial charge in [-0.05, 0) is 40.5 Å². The van der Waals surface area contributed by atoms with Gasteiger partial charge < -0.3 is 0 Å². The third kappa shape index (κ3) is 4.42. The van der Waals surface area contributed by atoms with E-state index in [1.807, 2.05) is 0 Å². The third-order valence-corrected chi connectivity index (χ3v) is 4.84. The van der Waals surface area contributed by atoms with Gasteiger partial charge in [0.05, 0.1) is 9.37 Å². The van der Waals surface area contributed by atoms with Crippen LogP contribution in [0.2, 0.25) is 0 Å². The van der Waals surface area contributed by atoms with Gasteiger partial charge in [0.1, 0.15) is 12.4 Å². The molecule has 0 aliphatic rings. The van der Waals surface area contributed by atoms with E-state index in [1.165, 1.54) is 0 Å². The Labute approximate surface area is 122 Å². The van der Waals surface area contributed by atoms with Crippen LogP contribution in [0.15, 0.2) is 27.6 Å². The molecule has 1 rings (SSSR count). The molecule has 0 aliphatic heterocycles. The van der Waals surface area contributed by atoms with Crippen molar-refractivity contribution in [2.45, 2.75) is 24.4 Å². The molecule has 0 atom stereocenters. The first kappa shape index (κ1) is 17.4. The van der Waals surface area contributed by atoms with Gasteiger partial charge in [-0.1, -0.05) is 6.92 Å². The first-order valence-corrected chi connectivity index (χ1v) is 7.83. The summed E-state index contributed by atoms with van der Waals surface area (Å²) >= 11 is 2.85. The smallest absolute Gasteiger partial charge is 0.207 e. The average Bonchev–Trinajstić information content (AvgIpc) is 2.30. The van der Waals surface area contributed by atoms with E-state index in [-0.39, 0.29) is 17.4 Å². The van der Waals surface area contributed by atoms with Crippen LogP contribution in [0.3, 0.4) is 0 Å². The van der Waals surface area contributed by atoms with Crippen LogP contribution in [0, 0.1) is 5.82 Å². The van der Waals surface area contributed by atoms with E-state index in [0.29, 0.717) is 10.4 Å². The fraction of sp³-hybridized carbons (Fsp3) is 0.455. The SMILES string of the molecule is CCCN(CC(F)(F)F)S(=O)(=O)c1ccc(Br)c(F)c1. The van der Waals surface area contributed by atoms with Gasteiger partial charge in [-0.15, -0.1) is 0 Å². The third-order valence-electron chi connectivity index (χ3n) is 2.36. The van der Waals surface area contributed by atoms with Crippen molar-refractivity contribution >= 4 is 26.0 Å². The molecule has 0 N–H and O–H groups in total. The van der Waals surface area contributed by atoms with Gasteiger partial charge in [0, 0.05) is 6.54 Å². The lowest BCUT2D eigenvalue weighted by atomic mass is 10.3. The fourth-order valence-corrected chi connectivity index (χ4v) is 3.30. The summed E-state index contributed by atoms with van der Waals surface area (Å²) in [7, 11) is -4.38. The molecule has 20 heavy (non-hydrogen) atoms. The van der Waals surface area contributed by atoms with Crippen LogP contribution in [0.1, 0.15) is 13.3 Å². The molecule has 0 unspecified atom stereocenters. The average molecular weight is 378 g/mol. The number of alkyl halides is 3. The standard InChI is InChI=1S/C11H12BrF4NO2S/c1-2-5-17(7-11(14,15)16)20(18,19)8-3-4-9(12)10(13)6-8/h3-4,6H,2,5,7H2,1H3. The first-order chi connectivity index (χ1) is 9.08. The van der Waals surface area contributed by atoms with Gasteiger partial charge in [0.25, 0.3) is 0 Å². The Kier molecular flexibility index (Phi) is 5.56. The largest absolute Gasteiger partial charge is 0.402 e. The molecular formula is C11H12BrF4NO2S. The Morgan fingerprint density at radius 3 is 2.35 bits per heavy atom. The van der Waals surface area contributed by atoms with Crippen LogP contribution in [-0.2, 0) is 10.0 Å². The summed E-state index contributed by atoms with van der Waals surface area (Å²) in [6, 6.07) is 2.89. The second kappa shape index (κ2) is 6.40. The van der Waals surface area contributed by atoms with Gasteiger partial charge in [-0.25, -0.2) is 12.8 Å². The van der Waals surface area contributed by atoms with E-state index >= 15 is 0 Å². The van der Waals surface area contributed by atoms with Crippen LogP contribution in [0.25, 0.3) is 0 Å². The van der Waals surface area contributed by atoms with Crippen LogP contribution >= 0.6 is 15.9 Å². The zero-order valence-corrected chi connectivity index (χ0v) is 12.8. The fourth-order valence-electron chi connectivity index (χ4n) is 1.52. The number of sulfonamides is 1. The highest BCUT2D eigenvalue weighted by molar-refractivity contribution is 9.10. The molecule has 9 heteroatoms. The molecular weight excluding hydrogens is 366 g/mol. The Bertz CT molecular complexity index is 574. The second-order valence-electron chi connectivity index (χ2n) is 4.03. The summed E-state index contributed by atoms with van der Waals surface area (Å²) in [5.41, 5.74) is 0. The topological polar surface area (TPSA) is 37.4 Å². The van der Waals surface area contributed by atoms with Crippen molar-refractivity contribution in [2.24, 2.45) is 0 Å². The molecule has 0 aliphatic carbocycles. The molecule has 0 saturated heterocycles. The number of halogens is 5. The van der Waals surface area contributed by atoms with E-state index < -0.39 is 33.5 Å². The van der Waals surface area contributed by atoms with Crippen molar-refractivity contribution in [1.29, 1.82) is 0 Å². The van der Waals surface area contributed by atoms with Crippen molar-refractivity contribution in [3.63, 3.8) is 0 Å². The lowest BCUT2D eigenvalue weighted by Crippen LogP contribution is -2.39. The number of rotatable bonds is 5. The quantitative estimate of drug-likeness (QED) is 0.735. The van der Waals surface area contributed by atoms with Gasteiger partial charge in [0.2, 0.25) is 10.0 Å². The van der Waals surface area contributed by atoms with Crippen LogP contribution < -0.4 is 0 Å². The highest BCUT2D eigenvalue weighted by Crippen LogP contribution is 2.25. The highest BCUT2D eigenvalue weighted by atomic mass is 79.9. The van der Waals surface area contributed by atoms with Crippen LogP contribution in [0.5, 0.6) is 0 Å². The zero-order valence-electron chi connectivity index (χ0n) is 10.4. The summed E-state index contributed by atoms with van der Waals surface area (Å²) in [5, 5.41) is 0.